The Morgan fingerprint density at radius 1 is 1.38 bits per heavy atom. The second-order valence-corrected chi connectivity index (χ2v) is 3.04. The third kappa shape index (κ3) is 0.575. The first-order chi connectivity index (χ1) is 3.86. The summed E-state index contributed by atoms with van der Waals surface area (Å²) in [5.74, 6) is 2.30. The van der Waals surface area contributed by atoms with E-state index in [0.29, 0.717) is 5.78 Å². The van der Waals surface area contributed by atoms with Gasteiger partial charge < -0.3 is 0 Å². The Kier molecular flexibility index (Phi) is 0.758. The number of hydrogen-bond acceptors (Lipinski definition) is 1. The van der Waals surface area contributed by atoms with Gasteiger partial charge in [0.15, 0.2) is 0 Å². The van der Waals surface area contributed by atoms with Crippen molar-refractivity contribution in [1.82, 2.24) is 0 Å². The average Bonchev–Trinajstić information content (AvgIpc) is 2.43. The molecule has 0 aromatic carbocycles. The molecule has 0 N–H and O–H groups in total. The highest BCUT2D eigenvalue weighted by Gasteiger charge is 2.41. The first-order valence-corrected chi connectivity index (χ1v) is 3.38. The number of Topliss-reactive ketones (excluding diaryl/α,β-unsaturated/α-hetero) is 1. The van der Waals surface area contributed by atoms with Crippen LogP contribution in [-0.4, -0.2) is 5.78 Å². The predicted molar refractivity (Wildman–Crippen MR) is 30.5 cm³/mol. The summed E-state index contributed by atoms with van der Waals surface area (Å²) in [5.41, 5.74) is 0. The zero-order valence-electron chi connectivity index (χ0n) is 4.89. The van der Waals surface area contributed by atoms with Crippen molar-refractivity contribution >= 4 is 5.78 Å². The second-order valence-electron chi connectivity index (χ2n) is 3.04. The van der Waals surface area contributed by atoms with Crippen molar-refractivity contribution in [2.75, 3.05) is 0 Å². The van der Waals surface area contributed by atoms with Crippen LogP contribution in [0.1, 0.15) is 25.7 Å². The van der Waals surface area contributed by atoms with Gasteiger partial charge in [-0.1, -0.05) is 0 Å². The fourth-order valence-corrected chi connectivity index (χ4v) is 1.65. The van der Waals surface area contributed by atoms with E-state index < -0.39 is 0 Å². The van der Waals surface area contributed by atoms with Gasteiger partial charge in [-0.05, 0) is 24.7 Å². The van der Waals surface area contributed by atoms with E-state index in [0.717, 1.165) is 24.7 Å². The van der Waals surface area contributed by atoms with Crippen LogP contribution in [0.25, 0.3) is 0 Å². The second kappa shape index (κ2) is 1.34. The molecule has 0 unspecified atom stereocenters. The Bertz CT molecular complexity index is 128. The maximum atomic E-state index is 10.7. The predicted octanol–water partition coefficient (Wildman–Crippen LogP) is 1.38. The van der Waals surface area contributed by atoms with Crippen molar-refractivity contribution in [1.29, 1.82) is 0 Å². The van der Waals surface area contributed by atoms with Gasteiger partial charge in [0.25, 0.3) is 0 Å². The molecule has 44 valence electrons. The number of ketones is 1. The summed E-state index contributed by atoms with van der Waals surface area (Å²) in [6.07, 6.45) is 4.33. The summed E-state index contributed by atoms with van der Waals surface area (Å²) >= 11 is 0. The molecule has 2 atom stereocenters. The Morgan fingerprint density at radius 2 is 2.25 bits per heavy atom. The van der Waals surface area contributed by atoms with Crippen molar-refractivity contribution in [3.05, 3.63) is 0 Å². The SMILES string of the molecule is O=C1CC[C@H]2C[C@H]2C1. The smallest absolute Gasteiger partial charge is 0.133 e. The van der Waals surface area contributed by atoms with Crippen molar-refractivity contribution in [2.45, 2.75) is 25.7 Å². The van der Waals surface area contributed by atoms with Crippen LogP contribution >= 0.6 is 0 Å². The zero-order valence-corrected chi connectivity index (χ0v) is 4.89. The lowest BCUT2D eigenvalue weighted by Crippen LogP contribution is -2.05. The van der Waals surface area contributed by atoms with Gasteiger partial charge in [0.2, 0.25) is 0 Å². The minimum absolute atomic E-state index is 0.503. The van der Waals surface area contributed by atoms with E-state index in [1.807, 2.05) is 0 Å². The van der Waals surface area contributed by atoms with Crippen LogP contribution in [0, 0.1) is 11.8 Å². The van der Waals surface area contributed by atoms with Gasteiger partial charge >= 0.3 is 0 Å². The highest BCUT2D eigenvalue weighted by atomic mass is 16.1. The monoisotopic (exact) mass is 110 g/mol. The molecular weight excluding hydrogens is 100 g/mol. The molecule has 0 bridgehead atoms. The molecule has 0 saturated heterocycles. The number of fused-ring (bicyclic) bond motifs is 1. The highest BCUT2D eigenvalue weighted by molar-refractivity contribution is 5.80. The molecule has 1 heteroatoms. The molecule has 0 aromatic rings. The Hall–Kier alpha value is -0.330. The van der Waals surface area contributed by atoms with Crippen molar-refractivity contribution in [3.63, 3.8) is 0 Å². The van der Waals surface area contributed by atoms with E-state index in [1.54, 1.807) is 0 Å². The largest absolute Gasteiger partial charge is 0.300 e. The van der Waals surface area contributed by atoms with Gasteiger partial charge in [0.1, 0.15) is 5.78 Å². The number of carbonyl (C=O) groups excluding carboxylic acids is 1. The van der Waals surface area contributed by atoms with Crippen molar-refractivity contribution in [2.24, 2.45) is 11.8 Å². The van der Waals surface area contributed by atoms with Gasteiger partial charge in [-0.25, -0.2) is 0 Å². The van der Waals surface area contributed by atoms with Gasteiger partial charge in [0, 0.05) is 12.8 Å². The van der Waals surface area contributed by atoms with Crippen LogP contribution in [0.3, 0.4) is 0 Å². The van der Waals surface area contributed by atoms with Crippen molar-refractivity contribution in [3.8, 4) is 0 Å². The maximum Gasteiger partial charge on any atom is 0.133 e. The summed E-state index contributed by atoms with van der Waals surface area (Å²) < 4.78 is 0. The van der Waals surface area contributed by atoms with E-state index in [4.69, 9.17) is 0 Å². The number of hydrogen-bond donors (Lipinski definition) is 0. The maximum absolute atomic E-state index is 10.7. The first kappa shape index (κ1) is 4.54. The fourth-order valence-electron chi connectivity index (χ4n) is 1.65. The van der Waals surface area contributed by atoms with Crippen LogP contribution in [0.2, 0.25) is 0 Å². The summed E-state index contributed by atoms with van der Waals surface area (Å²) in [7, 11) is 0. The van der Waals surface area contributed by atoms with Gasteiger partial charge in [-0.15, -0.1) is 0 Å². The van der Waals surface area contributed by atoms with Crippen LogP contribution in [0.5, 0.6) is 0 Å². The minimum Gasteiger partial charge on any atom is -0.300 e. The lowest BCUT2D eigenvalue weighted by Gasteiger charge is -2.04. The minimum atomic E-state index is 0.503. The Labute approximate surface area is 49.1 Å². The quantitative estimate of drug-likeness (QED) is 0.460. The van der Waals surface area contributed by atoms with E-state index >= 15 is 0 Å². The van der Waals surface area contributed by atoms with Gasteiger partial charge in [-0.2, -0.15) is 0 Å². The molecule has 2 rings (SSSR count). The first-order valence-electron chi connectivity index (χ1n) is 3.38. The van der Waals surface area contributed by atoms with Crippen LogP contribution in [0.15, 0.2) is 0 Å². The molecule has 0 aliphatic heterocycles. The molecule has 0 heterocycles. The molecule has 2 fully saturated rings. The summed E-state index contributed by atoms with van der Waals surface area (Å²) in [6, 6.07) is 0. The molecule has 0 radical (unpaired) electrons. The van der Waals surface area contributed by atoms with E-state index in [9.17, 15) is 4.79 Å². The van der Waals surface area contributed by atoms with E-state index in [1.165, 1.54) is 12.8 Å². The average molecular weight is 110 g/mol. The molecule has 1 nitrogen and oxygen atoms in total. The lowest BCUT2D eigenvalue weighted by molar-refractivity contribution is -0.120. The Morgan fingerprint density at radius 3 is 2.88 bits per heavy atom. The fraction of sp³-hybridized carbons (Fsp3) is 0.857. The zero-order chi connectivity index (χ0) is 5.56. The number of rotatable bonds is 0. The standard InChI is InChI=1S/C7H10O/c8-7-2-1-5-3-6(5)4-7/h5-6H,1-4H2/t5-,6-/m0/s1. The molecule has 2 saturated carbocycles. The molecular formula is C7H10O. The molecule has 2 aliphatic carbocycles. The molecule has 2 aliphatic rings. The molecule has 0 amide bonds. The van der Waals surface area contributed by atoms with Crippen molar-refractivity contribution < 1.29 is 4.79 Å². The number of carbonyl (C=O) groups is 1. The summed E-state index contributed by atoms with van der Waals surface area (Å²) in [4.78, 5) is 10.7. The highest BCUT2D eigenvalue weighted by Crippen LogP contribution is 2.47. The third-order valence-corrected chi connectivity index (χ3v) is 2.35. The van der Waals surface area contributed by atoms with Crippen LogP contribution < -0.4 is 0 Å². The topological polar surface area (TPSA) is 17.1 Å². The summed E-state index contributed by atoms with van der Waals surface area (Å²) in [5, 5.41) is 0. The molecule has 8 heavy (non-hydrogen) atoms. The molecule has 0 aromatic heterocycles. The van der Waals surface area contributed by atoms with Crippen LogP contribution in [-0.2, 0) is 4.79 Å². The van der Waals surface area contributed by atoms with Gasteiger partial charge in [0.05, 0.1) is 0 Å². The molecule has 0 spiro atoms. The normalized spacial score (nSPS) is 43.8. The Balaban J connectivity index is 2.02. The van der Waals surface area contributed by atoms with E-state index in [2.05, 4.69) is 0 Å². The third-order valence-electron chi connectivity index (χ3n) is 2.35. The lowest BCUT2D eigenvalue weighted by atomic mass is 10.00. The van der Waals surface area contributed by atoms with Crippen LogP contribution in [0.4, 0.5) is 0 Å². The summed E-state index contributed by atoms with van der Waals surface area (Å²) in [6.45, 7) is 0. The van der Waals surface area contributed by atoms with E-state index in [-0.39, 0.29) is 0 Å². The van der Waals surface area contributed by atoms with Gasteiger partial charge in [-0.3, -0.25) is 4.79 Å².